The molecule has 0 N–H and O–H groups in total. The fourth-order valence-electron chi connectivity index (χ4n) is 2.96. The Morgan fingerprint density at radius 2 is 2.04 bits per heavy atom. The number of hydrogen-bond donors (Lipinski definition) is 0. The number of benzene rings is 1. The second-order valence-electron chi connectivity index (χ2n) is 6.57. The molecule has 0 unspecified atom stereocenters. The average molecular weight is 378 g/mol. The van der Waals surface area contributed by atoms with Crippen LogP contribution in [0.3, 0.4) is 0 Å². The van der Waals surface area contributed by atoms with Crippen molar-refractivity contribution >= 4 is 23.3 Å². The van der Waals surface area contributed by atoms with Crippen LogP contribution in [0, 0.1) is 5.82 Å². The van der Waals surface area contributed by atoms with Crippen molar-refractivity contribution in [1.82, 2.24) is 9.88 Å². The molecule has 27 heavy (non-hydrogen) atoms. The highest BCUT2D eigenvalue weighted by atomic mass is 32.1. The molecule has 0 atom stereocenters. The Hall–Kier alpha value is -2.79. The van der Waals surface area contributed by atoms with Gasteiger partial charge in [-0.15, -0.1) is 11.3 Å². The maximum Gasteiger partial charge on any atom is 0.247 e. The molecule has 1 aliphatic rings. The van der Waals surface area contributed by atoms with Gasteiger partial charge in [0, 0.05) is 46.4 Å². The van der Waals surface area contributed by atoms with Gasteiger partial charge in [0.2, 0.25) is 5.91 Å². The van der Waals surface area contributed by atoms with E-state index in [2.05, 4.69) is 4.98 Å². The molecular weight excluding hydrogens is 359 g/mol. The molecule has 4 rings (SSSR count). The predicted molar refractivity (Wildman–Crippen MR) is 107 cm³/mol. The molecular formula is C22H19FN2OS. The Morgan fingerprint density at radius 1 is 1.19 bits per heavy atom. The van der Waals surface area contributed by atoms with Gasteiger partial charge in [0.05, 0.1) is 0 Å². The highest BCUT2D eigenvalue weighted by Crippen LogP contribution is 2.31. The minimum absolute atomic E-state index is 0.00203. The van der Waals surface area contributed by atoms with Crippen LogP contribution in [0.25, 0.3) is 16.5 Å². The van der Waals surface area contributed by atoms with E-state index in [1.54, 1.807) is 30.6 Å². The lowest BCUT2D eigenvalue weighted by atomic mass is 10.2. The molecule has 136 valence electrons. The highest BCUT2D eigenvalue weighted by Gasteiger charge is 2.31. The number of amides is 1. The third-order valence-corrected chi connectivity index (χ3v) is 5.59. The zero-order valence-electron chi connectivity index (χ0n) is 14.7. The van der Waals surface area contributed by atoms with Gasteiger partial charge < -0.3 is 4.90 Å². The third-order valence-electron chi connectivity index (χ3n) is 4.50. The quantitative estimate of drug-likeness (QED) is 0.556. The number of hydrogen-bond acceptors (Lipinski definition) is 3. The molecule has 2 heterocycles. The first-order valence-corrected chi connectivity index (χ1v) is 9.75. The number of rotatable bonds is 6. The molecule has 0 aliphatic heterocycles. The Balaban J connectivity index is 1.47. The summed E-state index contributed by atoms with van der Waals surface area (Å²) in [6.45, 7) is 0.576. The summed E-state index contributed by atoms with van der Waals surface area (Å²) >= 11 is 1.47. The second-order valence-corrected chi connectivity index (χ2v) is 7.69. The first-order chi connectivity index (χ1) is 13.2. The number of halogens is 1. The zero-order valence-corrected chi connectivity index (χ0v) is 15.5. The number of thiophene rings is 1. The van der Waals surface area contributed by atoms with Crippen LogP contribution >= 0.6 is 11.3 Å². The van der Waals surface area contributed by atoms with E-state index in [0.717, 1.165) is 28.2 Å². The fourth-order valence-corrected chi connectivity index (χ4v) is 3.90. The van der Waals surface area contributed by atoms with Crippen molar-refractivity contribution < 1.29 is 9.18 Å². The van der Waals surface area contributed by atoms with Gasteiger partial charge in [-0.05, 0) is 48.7 Å². The molecule has 1 amide bonds. The number of carbonyl (C=O) groups excluding carboxylic acids is 1. The summed E-state index contributed by atoms with van der Waals surface area (Å²) in [6, 6.07) is 14.7. The molecule has 0 bridgehead atoms. The standard InChI is InChI=1S/C22H19FN2OS/c23-20-6-2-1-5-19(20)21-11-9-18(27-21)10-12-22(26)25(17-7-8-17)15-16-4-3-13-24-14-16/h1-6,9-14,17H,7-8,15H2. The predicted octanol–water partition coefficient (Wildman–Crippen LogP) is 5.15. The molecule has 0 radical (unpaired) electrons. The molecule has 5 heteroatoms. The van der Waals surface area contributed by atoms with Crippen LogP contribution in [0.4, 0.5) is 4.39 Å². The van der Waals surface area contributed by atoms with Crippen LogP contribution in [0.5, 0.6) is 0 Å². The lowest BCUT2D eigenvalue weighted by Crippen LogP contribution is -2.31. The highest BCUT2D eigenvalue weighted by molar-refractivity contribution is 7.16. The summed E-state index contributed by atoms with van der Waals surface area (Å²) in [4.78, 5) is 20.5. The number of nitrogens with zero attached hydrogens (tertiary/aromatic N) is 2. The molecule has 3 nitrogen and oxygen atoms in total. The third kappa shape index (κ3) is 4.31. The van der Waals surface area contributed by atoms with Crippen molar-refractivity contribution in [3.8, 4) is 10.4 Å². The summed E-state index contributed by atoms with van der Waals surface area (Å²) in [5.74, 6) is -0.232. The largest absolute Gasteiger partial charge is 0.332 e. The van der Waals surface area contributed by atoms with Crippen molar-refractivity contribution in [3.63, 3.8) is 0 Å². The number of aromatic nitrogens is 1. The van der Waals surface area contributed by atoms with E-state index in [0.29, 0.717) is 18.2 Å². The Morgan fingerprint density at radius 3 is 2.78 bits per heavy atom. The van der Waals surface area contributed by atoms with Gasteiger partial charge >= 0.3 is 0 Å². The monoisotopic (exact) mass is 378 g/mol. The summed E-state index contributed by atoms with van der Waals surface area (Å²) in [5.41, 5.74) is 1.62. The summed E-state index contributed by atoms with van der Waals surface area (Å²) in [6.07, 6.45) is 9.07. The van der Waals surface area contributed by atoms with Gasteiger partial charge in [-0.3, -0.25) is 9.78 Å². The molecule has 1 aromatic carbocycles. The van der Waals surface area contributed by atoms with E-state index in [-0.39, 0.29) is 11.7 Å². The van der Waals surface area contributed by atoms with Gasteiger partial charge in [0.25, 0.3) is 0 Å². The van der Waals surface area contributed by atoms with Crippen molar-refractivity contribution in [1.29, 1.82) is 0 Å². The molecule has 3 aromatic rings. The van der Waals surface area contributed by atoms with E-state index >= 15 is 0 Å². The smallest absolute Gasteiger partial charge is 0.247 e. The van der Waals surface area contributed by atoms with E-state index in [4.69, 9.17) is 0 Å². The molecule has 1 saturated carbocycles. The first-order valence-electron chi connectivity index (χ1n) is 8.93. The van der Waals surface area contributed by atoms with E-state index in [9.17, 15) is 9.18 Å². The molecule has 1 fully saturated rings. The number of pyridine rings is 1. The fraction of sp³-hybridized carbons (Fsp3) is 0.182. The topological polar surface area (TPSA) is 33.2 Å². The summed E-state index contributed by atoms with van der Waals surface area (Å²) in [7, 11) is 0. The summed E-state index contributed by atoms with van der Waals surface area (Å²) < 4.78 is 13.9. The zero-order chi connectivity index (χ0) is 18.6. The lowest BCUT2D eigenvalue weighted by molar-refractivity contribution is -0.127. The van der Waals surface area contributed by atoms with E-state index < -0.39 is 0 Å². The van der Waals surface area contributed by atoms with E-state index in [1.807, 2.05) is 41.3 Å². The maximum absolute atomic E-state index is 13.9. The van der Waals surface area contributed by atoms with Crippen LogP contribution in [0.2, 0.25) is 0 Å². The van der Waals surface area contributed by atoms with Crippen LogP contribution < -0.4 is 0 Å². The van der Waals surface area contributed by atoms with Crippen LogP contribution in [0.1, 0.15) is 23.3 Å². The normalized spacial score (nSPS) is 13.8. The SMILES string of the molecule is O=C(C=Cc1ccc(-c2ccccc2F)s1)N(Cc1cccnc1)C1CC1. The summed E-state index contributed by atoms with van der Waals surface area (Å²) in [5, 5.41) is 0. The average Bonchev–Trinajstić information content (AvgIpc) is 3.43. The molecule has 1 aliphatic carbocycles. The Bertz CT molecular complexity index is 963. The minimum Gasteiger partial charge on any atom is -0.332 e. The van der Waals surface area contributed by atoms with Gasteiger partial charge in [0.1, 0.15) is 5.82 Å². The van der Waals surface area contributed by atoms with Gasteiger partial charge in [-0.25, -0.2) is 4.39 Å². The Labute approximate surface area is 161 Å². The van der Waals surface area contributed by atoms with Crippen LogP contribution in [0.15, 0.2) is 67.0 Å². The number of carbonyl (C=O) groups is 1. The van der Waals surface area contributed by atoms with E-state index in [1.165, 1.54) is 17.4 Å². The lowest BCUT2D eigenvalue weighted by Gasteiger charge is -2.20. The Kier molecular flexibility index (Phi) is 5.12. The van der Waals surface area contributed by atoms with Crippen molar-refractivity contribution in [2.24, 2.45) is 0 Å². The van der Waals surface area contributed by atoms with Gasteiger partial charge in [0.15, 0.2) is 0 Å². The van der Waals surface area contributed by atoms with Crippen LogP contribution in [-0.2, 0) is 11.3 Å². The first kappa shape index (κ1) is 17.6. The van der Waals surface area contributed by atoms with Gasteiger partial charge in [-0.1, -0.05) is 24.3 Å². The molecule has 2 aromatic heterocycles. The van der Waals surface area contributed by atoms with Gasteiger partial charge in [-0.2, -0.15) is 0 Å². The maximum atomic E-state index is 13.9. The van der Waals surface area contributed by atoms with Crippen LogP contribution in [-0.4, -0.2) is 21.8 Å². The van der Waals surface area contributed by atoms with Crippen molar-refractivity contribution in [3.05, 3.63) is 83.3 Å². The van der Waals surface area contributed by atoms with Crippen molar-refractivity contribution in [2.75, 3.05) is 0 Å². The van der Waals surface area contributed by atoms with Crippen molar-refractivity contribution in [2.45, 2.75) is 25.4 Å². The molecule has 0 saturated heterocycles. The minimum atomic E-state index is -0.234. The molecule has 0 spiro atoms. The second kappa shape index (κ2) is 7.84.